The monoisotopic (exact) mass is 292 g/mol. The Morgan fingerprint density at radius 1 is 0.714 bits per heavy atom. The maximum atomic E-state index is 12.3. The highest BCUT2D eigenvalue weighted by molar-refractivity contribution is 7.96. The number of benzene rings is 3. The van der Waals surface area contributed by atoms with Crippen molar-refractivity contribution in [3.8, 4) is 11.2 Å². The van der Waals surface area contributed by atoms with E-state index in [2.05, 4.69) is 11.2 Å². The number of hydrogen-bond donors (Lipinski definition) is 0. The lowest BCUT2D eigenvalue weighted by Gasteiger charge is -2.00. The van der Waals surface area contributed by atoms with Crippen molar-refractivity contribution in [1.82, 2.24) is 0 Å². The second-order valence-corrected chi connectivity index (χ2v) is 6.29. The molecule has 3 aromatic rings. The maximum absolute atomic E-state index is 12.3. The van der Waals surface area contributed by atoms with Gasteiger partial charge < -0.3 is 0 Å². The van der Waals surface area contributed by atoms with Crippen LogP contribution in [0, 0.1) is 11.2 Å². The van der Waals surface area contributed by atoms with Crippen molar-refractivity contribution >= 4 is 20.6 Å². The summed E-state index contributed by atoms with van der Waals surface area (Å²) in [5.41, 5.74) is 0.682. The van der Waals surface area contributed by atoms with E-state index in [0.717, 1.165) is 10.8 Å². The Morgan fingerprint density at radius 3 is 2.14 bits per heavy atom. The molecule has 0 aliphatic rings. The van der Waals surface area contributed by atoms with E-state index in [1.54, 1.807) is 30.3 Å². The normalized spacial score (nSPS) is 10.9. The molecule has 3 heteroatoms. The van der Waals surface area contributed by atoms with Crippen LogP contribution in [0.3, 0.4) is 0 Å². The zero-order valence-electron chi connectivity index (χ0n) is 11.2. The largest absolute Gasteiger partial charge is 0.245 e. The molecule has 0 amide bonds. The number of fused-ring (bicyclic) bond motifs is 1. The van der Waals surface area contributed by atoms with Gasteiger partial charge in [-0.25, -0.2) is 8.42 Å². The van der Waals surface area contributed by atoms with Crippen molar-refractivity contribution in [3.05, 3.63) is 78.4 Å². The summed E-state index contributed by atoms with van der Waals surface area (Å²) in [6, 6.07) is 21.8. The topological polar surface area (TPSA) is 34.1 Å². The molecule has 0 atom stereocenters. The fourth-order valence-electron chi connectivity index (χ4n) is 2.04. The second kappa shape index (κ2) is 5.43. The van der Waals surface area contributed by atoms with Gasteiger partial charge in [0.15, 0.2) is 0 Å². The molecule has 0 aliphatic carbocycles. The molecule has 0 aliphatic heterocycles. The SMILES string of the molecule is O=S(=O)(C#Cc1ccccc1)c1ccc2ccccc2c1. The predicted octanol–water partition coefficient (Wildman–Crippen LogP) is 3.62. The molecular formula is C18H12O2S. The predicted molar refractivity (Wildman–Crippen MR) is 84.5 cm³/mol. The minimum Gasteiger partial charge on any atom is -0.210 e. The van der Waals surface area contributed by atoms with Crippen LogP contribution in [0.1, 0.15) is 5.56 Å². The van der Waals surface area contributed by atoms with Gasteiger partial charge in [0.1, 0.15) is 0 Å². The van der Waals surface area contributed by atoms with Crippen molar-refractivity contribution in [2.24, 2.45) is 0 Å². The van der Waals surface area contributed by atoms with Gasteiger partial charge in [0.05, 0.1) is 4.90 Å². The van der Waals surface area contributed by atoms with Crippen LogP contribution in [-0.2, 0) is 9.84 Å². The molecule has 0 radical (unpaired) electrons. The number of sulfone groups is 1. The molecule has 0 saturated carbocycles. The zero-order valence-corrected chi connectivity index (χ0v) is 12.0. The van der Waals surface area contributed by atoms with E-state index < -0.39 is 9.84 Å². The number of rotatable bonds is 1. The average Bonchev–Trinajstić information content (AvgIpc) is 2.53. The summed E-state index contributed by atoms with van der Waals surface area (Å²) in [4.78, 5) is 0.227. The van der Waals surface area contributed by atoms with E-state index in [4.69, 9.17) is 0 Å². The molecule has 102 valence electrons. The third-order valence-corrected chi connectivity index (χ3v) is 4.38. The van der Waals surface area contributed by atoms with Crippen molar-refractivity contribution in [2.45, 2.75) is 4.90 Å². The van der Waals surface area contributed by atoms with Gasteiger partial charge in [-0.3, -0.25) is 0 Å². The van der Waals surface area contributed by atoms with Gasteiger partial charge in [-0.05, 0) is 41.0 Å². The van der Waals surface area contributed by atoms with E-state index in [1.165, 1.54) is 0 Å². The maximum Gasteiger partial charge on any atom is 0.245 e. The number of hydrogen-bond acceptors (Lipinski definition) is 2. The lowest BCUT2D eigenvalue weighted by Crippen LogP contribution is -1.96. The lowest BCUT2D eigenvalue weighted by atomic mass is 10.1. The van der Waals surface area contributed by atoms with Gasteiger partial charge >= 0.3 is 0 Å². The van der Waals surface area contributed by atoms with Gasteiger partial charge in [0.2, 0.25) is 9.84 Å². The third kappa shape index (κ3) is 2.96. The van der Waals surface area contributed by atoms with Crippen LogP contribution in [0.4, 0.5) is 0 Å². The first-order valence-corrected chi connectivity index (χ1v) is 7.95. The molecule has 0 spiro atoms. The Bertz CT molecular complexity index is 946. The standard InChI is InChI=1S/C18H12O2S/c19-21(20,13-12-15-6-2-1-3-7-15)18-11-10-16-8-4-5-9-17(16)14-18/h1-11,14H. The van der Waals surface area contributed by atoms with E-state index >= 15 is 0 Å². The third-order valence-electron chi connectivity index (χ3n) is 3.13. The summed E-state index contributed by atoms with van der Waals surface area (Å²) in [5.74, 6) is 2.69. The van der Waals surface area contributed by atoms with Crippen molar-refractivity contribution in [1.29, 1.82) is 0 Å². The second-order valence-electron chi connectivity index (χ2n) is 4.61. The molecule has 0 heterocycles. The Hall–Kier alpha value is -2.57. The molecule has 3 rings (SSSR count). The Kier molecular flexibility index (Phi) is 3.47. The smallest absolute Gasteiger partial charge is 0.210 e. The molecule has 0 fully saturated rings. The van der Waals surface area contributed by atoms with Crippen LogP contribution in [0.25, 0.3) is 10.8 Å². The summed E-state index contributed by atoms with van der Waals surface area (Å²) >= 11 is 0. The fraction of sp³-hybridized carbons (Fsp3) is 0. The van der Waals surface area contributed by atoms with Crippen LogP contribution in [0.5, 0.6) is 0 Å². The van der Waals surface area contributed by atoms with Crippen molar-refractivity contribution in [3.63, 3.8) is 0 Å². The summed E-state index contributed by atoms with van der Waals surface area (Å²) < 4.78 is 24.6. The van der Waals surface area contributed by atoms with Crippen LogP contribution in [0.15, 0.2) is 77.7 Å². The van der Waals surface area contributed by atoms with Gasteiger partial charge in [0, 0.05) is 10.8 Å². The molecule has 0 saturated heterocycles. The lowest BCUT2D eigenvalue weighted by molar-refractivity contribution is 0.606. The van der Waals surface area contributed by atoms with Gasteiger partial charge in [-0.2, -0.15) is 0 Å². The highest BCUT2D eigenvalue weighted by Crippen LogP contribution is 2.19. The van der Waals surface area contributed by atoms with E-state index in [-0.39, 0.29) is 4.90 Å². The summed E-state index contributed by atoms with van der Waals surface area (Å²) in [5, 5.41) is 4.27. The average molecular weight is 292 g/mol. The van der Waals surface area contributed by atoms with Crippen molar-refractivity contribution in [2.75, 3.05) is 0 Å². The Balaban J connectivity index is 2.03. The highest BCUT2D eigenvalue weighted by atomic mass is 32.2. The first-order valence-electron chi connectivity index (χ1n) is 6.47. The molecule has 3 aromatic carbocycles. The summed E-state index contributed by atoms with van der Waals surface area (Å²) in [6.07, 6.45) is 0. The van der Waals surface area contributed by atoms with Crippen LogP contribution in [0.2, 0.25) is 0 Å². The van der Waals surface area contributed by atoms with E-state index in [1.807, 2.05) is 42.5 Å². The van der Waals surface area contributed by atoms with Crippen molar-refractivity contribution < 1.29 is 8.42 Å². The minimum atomic E-state index is -3.61. The van der Waals surface area contributed by atoms with E-state index in [0.29, 0.717) is 5.56 Å². The Morgan fingerprint density at radius 2 is 1.38 bits per heavy atom. The molecule has 21 heavy (non-hydrogen) atoms. The molecule has 0 aromatic heterocycles. The quantitative estimate of drug-likeness (QED) is 0.642. The van der Waals surface area contributed by atoms with Crippen LogP contribution in [-0.4, -0.2) is 8.42 Å². The summed E-state index contributed by atoms with van der Waals surface area (Å²) in [7, 11) is -3.61. The summed E-state index contributed by atoms with van der Waals surface area (Å²) in [6.45, 7) is 0. The van der Waals surface area contributed by atoms with Gasteiger partial charge in [-0.15, -0.1) is 0 Å². The molecule has 0 N–H and O–H groups in total. The molecule has 2 nitrogen and oxygen atoms in total. The van der Waals surface area contributed by atoms with E-state index in [9.17, 15) is 8.42 Å². The van der Waals surface area contributed by atoms with Crippen LogP contribution >= 0.6 is 0 Å². The van der Waals surface area contributed by atoms with Crippen LogP contribution < -0.4 is 0 Å². The van der Waals surface area contributed by atoms with Gasteiger partial charge in [-0.1, -0.05) is 48.5 Å². The first kappa shape index (κ1) is 13.4. The molecule has 0 unspecified atom stereocenters. The molecule has 0 bridgehead atoms. The van der Waals surface area contributed by atoms with Gasteiger partial charge in [0.25, 0.3) is 0 Å². The first-order chi connectivity index (χ1) is 10.1. The zero-order chi connectivity index (χ0) is 14.7. The fourth-order valence-corrected chi connectivity index (χ4v) is 2.94. The minimum absolute atomic E-state index is 0.227. The molecular weight excluding hydrogens is 280 g/mol. The highest BCUT2D eigenvalue weighted by Gasteiger charge is 2.11. The Labute approximate surface area is 124 Å².